The molecule has 0 radical (unpaired) electrons. The number of hydrogen-bond donors (Lipinski definition) is 1. The second-order valence-corrected chi connectivity index (χ2v) is 4.45. The first-order valence-corrected chi connectivity index (χ1v) is 6.13. The van der Waals surface area contributed by atoms with Crippen molar-refractivity contribution in [2.24, 2.45) is 5.73 Å². The summed E-state index contributed by atoms with van der Waals surface area (Å²) in [4.78, 5) is 0. The van der Waals surface area contributed by atoms with Crippen LogP contribution in [0.25, 0.3) is 0 Å². The Balaban J connectivity index is 2.01. The Morgan fingerprint density at radius 1 is 1.44 bits per heavy atom. The Morgan fingerprint density at radius 2 is 2.28 bits per heavy atom. The Kier molecular flexibility index (Phi) is 3.99. The third kappa shape index (κ3) is 3.11. The van der Waals surface area contributed by atoms with Gasteiger partial charge in [-0.1, -0.05) is 12.1 Å². The average Bonchev–Trinajstić information content (AvgIpc) is 2.82. The number of hydrogen-bond acceptors (Lipinski definition) is 3. The molecule has 0 aliphatic carbocycles. The lowest BCUT2D eigenvalue weighted by molar-refractivity contribution is 0.287. The second kappa shape index (κ2) is 5.69. The number of aromatic nitrogens is 2. The minimum absolute atomic E-state index is 0.0229. The Bertz CT molecular complexity index is 492. The summed E-state index contributed by atoms with van der Waals surface area (Å²) < 4.78 is 7.66. The summed E-state index contributed by atoms with van der Waals surface area (Å²) in [6.07, 6.45) is 3.69. The van der Waals surface area contributed by atoms with Gasteiger partial charge in [-0.3, -0.25) is 4.68 Å². The molecule has 0 aliphatic heterocycles. The molecular weight excluding hydrogens is 226 g/mol. The molecule has 0 saturated heterocycles. The molecule has 18 heavy (non-hydrogen) atoms. The normalized spacial score (nSPS) is 12.4. The summed E-state index contributed by atoms with van der Waals surface area (Å²) in [5, 5.41) is 4.13. The van der Waals surface area contributed by atoms with Gasteiger partial charge in [-0.2, -0.15) is 5.10 Å². The van der Waals surface area contributed by atoms with Crippen LogP contribution in [-0.2, 0) is 6.54 Å². The molecule has 0 saturated carbocycles. The van der Waals surface area contributed by atoms with E-state index in [1.165, 1.54) is 5.56 Å². The summed E-state index contributed by atoms with van der Waals surface area (Å²) in [5.74, 6) is 0.872. The van der Waals surface area contributed by atoms with E-state index >= 15 is 0 Å². The fraction of sp³-hybridized carbons (Fsp3) is 0.357. The van der Waals surface area contributed by atoms with Crippen LogP contribution in [0.4, 0.5) is 0 Å². The van der Waals surface area contributed by atoms with Gasteiger partial charge in [-0.25, -0.2) is 0 Å². The van der Waals surface area contributed by atoms with Crippen molar-refractivity contribution in [3.8, 4) is 5.75 Å². The molecule has 2 N–H and O–H groups in total. The third-order valence-corrected chi connectivity index (χ3v) is 2.80. The minimum Gasteiger partial charge on any atom is -0.491 e. The maximum atomic E-state index is 5.93. The van der Waals surface area contributed by atoms with Crippen LogP contribution in [0.2, 0.25) is 0 Å². The smallest absolute Gasteiger partial charge is 0.124 e. The molecule has 2 aromatic rings. The predicted molar refractivity (Wildman–Crippen MR) is 71.5 cm³/mol. The van der Waals surface area contributed by atoms with Crippen LogP contribution in [0, 0.1) is 6.92 Å². The lowest BCUT2D eigenvalue weighted by atomic mass is 10.1. The maximum absolute atomic E-state index is 5.93. The zero-order chi connectivity index (χ0) is 13.0. The van der Waals surface area contributed by atoms with E-state index in [1.54, 1.807) is 6.20 Å². The summed E-state index contributed by atoms with van der Waals surface area (Å²) in [5.41, 5.74) is 8.15. The highest BCUT2D eigenvalue weighted by Gasteiger charge is 2.08. The molecule has 2 rings (SSSR count). The fourth-order valence-corrected chi connectivity index (χ4v) is 1.82. The van der Waals surface area contributed by atoms with Gasteiger partial charge in [-0.05, 0) is 31.5 Å². The SMILES string of the molecule is Cc1ccc([C@@H](C)N)c(OCCn2cccn2)c1. The van der Waals surface area contributed by atoms with E-state index < -0.39 is 0 Å². The summed E-state index contributed by atoms with van der Waals surface area (Å²) in [6.45, 7) is 5.33. The van der Waals surface area contributed by atoms with Crippen LogP contribution >= 0.6 is 0 Å². The average molecular weight is 245 g/mol. The van der Waals surface area contributed by atoms with E-state index in [2.05, 4.69) is 11.2 Å². The van der Waals surface area contributed by atoms with Crippen LogP contribution < -0.4 is 10.5 Å². The molecule has 0 aliphatic rings. The second-order valence-electron chi connectivity index (χ2n) is 4.45. The van der Waals surface area contributed by atoms with Crippen LogP contribution in [0.5, 0.6) is 5.75 Å². The van der Waals surface area contributed by atoms with Crippen molar-refractivity contribution in [2.75, 3.05) is 6.61 Å². The van der Waals surface area contributed by atoms with Crippen LogP contribution in [-0.4, -0.2) is 16.4 Å². The largest absolute Gasteiger partial charge is 0.491 e. The molecule has 0 unspecified atom stereocenters. The fourth-order valence-electron chi connectivity index (χ4n) is 1.82. The van der Waals surface area contributed by atoms with Crippen molar-refractivity contribution < 1.29 is 4.74 Å². The zero-order valence-electron chi connectivity index (χ0n) is 10.8. The molecular formula is C14H19N3O. The van der Waals surface area contributed by atoms with Crippen molar-refractivity contribution in [3.63, 3.8) is 0 Å². The number of benzene rings is 1. The topological polar surface area (TPSA) is 53.1 Å². The van der Waals surface area contributed by atoms with Gasteiger partial charge in [0, 0.05) is 24.0 Å². The number of nitrogens with zero attached hydrogens (tertiary/aromatic N) is 2. The maximum Gasteiger partial charge on any atom is 0.124 e. The molecule has 1 heterocycles. The van der Waals surface area contributed by atoms with Gasteiger partial charge in [0.1, 0.15) is 12.4 Å². The Labute approximate surface area is 107 Å². The molecule has 4 heteroatoms. The Morgan fingerprint density at radius 3 is 2.94 bits per heavy atom. The molecule has 0 bridgehead atoms. The van der Waals surface area contributed by atoms with Crippen molar-refractivity contribution >= 4 is 0 Å². The zero-order valence-corrected chi connectivity index (χ0v) is 10.8. The number of ether oxygens (including phenoxy) is 1. The van der Waals surface area contributed by atoms with Gasteiger partial charge in [0.25, 0.3) is 0 Å². The van der Waals surface area contributed by atoms with E-state index in [0.717, 1.165) is 17.9 Å². The number of nitrogens with two attached hydrogens (primary N) is 1. The molecule has 0 fully saturated rings. The van der Waals surface area contributed by atoms with Crippen LogP contribution in [0.3, 0.4) is 0 Å². The van der Waals surface area contributed by atoms with Crippen molar-refractivity contribution in [1.29, 1.82) is 0 Å². The molecule has 0 spiro atoms. The van der Waals surface area contributed by atoms with E-state index in [1.807, 2.05) is 42.9 Å². The summed E-state index contributed by atoms with van der Waals surface area (Å²) in [7, 11) is 0. The molecule has 0 amide bonds. The van der Waals surface area contributed by atoms with E-state index in [0.29, 0.717) is 6.61 Å². The van der Waals surface area contributed by atoms with Gasteiger partial charge in [0.15, 0.2) is 0 Å². The highest BCUT2D eigenvalue weighted by atomic mass is 16.5. The van der Waals surface area contributed by atoms with Gasteiger partial charge in [-0.15, -0.1) is 0 Å². The summed E-state index contributed by atoms with van der Waals surface area (Å²) in [6, 6.07) is 8.00. The highest BCUT2D eigenvalue weighted by Crippen LogP contribution is 2.25. The first-order chi connectivity index (χ1) is 8.66. The third-order valence-electron chi connectivity index (χ3n) is 2.80. The van der Waals surface area contributed by atoms with E-state index in [9.17, 15) is 0 Å². The lowest BCUT2D eigenvalue weighted by Gasteiger charge is -2.14. The molecule has 96 valence electrons. The van der Waals surface area contributed by atoms with E-state index in [4.69, 9.17) is 10.5 Å². The molecule has 1 aromatic heterocycles. The molecule has 4 nitrogen and oxygen atoms in total. The van der Waals surface area contributed by atoms with Crippen LogP contribution in [0.15, 0.2) is 36.7 Å². The van der Waals surface area contributed by atoms with Gasteiger partial charge in [0.05, 0.1) is 6.54 Å². The molecule has 1 aromatic carbocycles. The highest BCUT2D eigenvalue weighted by molar-refractivity contribution is 5.38. The summed E-state index contributed by atoms with van der Waals surface area (Å²) >= 11 is 0. The minimum atomic E-state index is -0.0229. The Hall–Kier alpha value is -1.81. The van der Waals surface area contributed by atoms with E-state index in [-0.39, 0.29) is 6.04 Å². The molecule has 1 atom stereocenters. The number of rotatable bonds is 5. The first kappa shape index (κ1) is 12.6. The quantitative estimate of drug-likeness (QED) is 0.879. The van der Waals surface area contributed by atoms with Crippen LogP contribution in [0.1, 0.15) is 24.1 Å². The first-order valence-electron chi connectivity index (χ1n) is 6.13. The monoisotopic (exact) mass is 245 g/mol. The van der Waals surface area contributed by atoms with Crippen molar-refractivity contribution in [2.45, 2.75) is 26.4 Å². The van der Waals surface area contributed by atoms with Gasteiger partial charge < -0.3 is 10.5 Å². The standard InChI is InChI=1S/C14H19N3O/c1-11-4-5-13(12(2)15)14(10-11)18-9-8-17-7-3-6-16-17/h3-7,10,12H,8-9,15H2,1-2H3/t12-/m1/s1. The van der Waals surface area contributed by atoms with Gasteiger partial charge >= 0.3 is 0 Å². The van der Waals surface area contributed by atoms with Crippen molar-refractivity contribution in [3.05, 3.63) is 47.8 Å². The van der Waals surface area contributed by atoms with Gasteiger partial charge in [0.2, 0.25) is 0 Å². The predicted octanol–water partition coefficient (Wildman–Crippen LogP) is 2.29. The number of aryl methyl sites for hydroxylation is 1. The lowest BCUT2D eigenvalue weighted by Crippen LogP contribution is -2.12. The van der Waals surface area contributed by atoms with Crippen molar-refractivity contribution in [1.82, 2.24) is 9.78 Å².